The van der Waals surface area contributed by atoms with E-state index in [1.807, 2.05) is 19.4 Å². The summed E-state index contributed by atoms with van der Waals surface area (Å²) in [6.45, 7) is 1.58. The van der Waals surface area contributed by atoms with Crippen LogP contribution in [0.3, 0.4) is 0 Å². The number of rotatable bonds is 4. The largest absolute Gasteiger partial charge is 0.381 e. The van der Waals surface area contributed by atoms with E-state index in [0.717, 1.165) is 31.6 Å². The van der Waals surface area contributed by atoms with Crippen molar-refractivity contribution in [2.45, 2.75) is 24.3 Å². The fraction of sp³-hybridized carbons (Fsp3) is 0.412. The summed E-state index contributed by atoms with van der Waals surface area (Å²) in [7, 11) is 2.01. The van der Waals surface area contributed by atoms with Crippen LogP contribution in [0.15, 0.2) is 49.1 Å². The van der Waals surface area contributed by atoms with E-state index in [1.165, 1.54) is 5.56 Å². The molecule has 0 radical (unpaired) electrons. The Bertz CT molecular complexity index is 553. The summed E-state index contributed by atoms with van der Waals surface area (Å²) in [5.74, 6) is 0. The maximum atomic E-state index is 5.62. The normalized spacial score (nSPS) is 19.1. The van der Waals surface area contributed by atoms with Gasteiger partial charge in [0.15, 0.2) is 0 Å². The molecular formula is C17H21N3O. The topological polar surface area (TPSA) is 47.0 Å². The highest BCUT2D eigenvalue weighted by molar-refractivity contribution is 5.32. The van der Waals surface area contributed by atoms with Crippen LogP contribution in [0.1, 0.15) is 30.0 Å². The van der Waals surface area contributed by atoms with Crippen LogP contribution in [0.5, 0.6) is 0 Å². The Balaban J connectivity index is 2.06. The van der Waals surface area contributed by atoms with Gasteiger partial charge in [0.2, 0.25) is 0 Å². The van der Waals surface area contributed by atoms with Crippen LogP contribution in [0, 0.1) is 0 Å². The first-order chi connectivity index (χ1) is 10.4. The van der Waals surface area contributed by atoms with Gasteiger partial charge < -0.3 is 10.1 Å². The van der Waals surface area contributed by atoms with Gasteiger partial charge >= 0.3 is 0 Å². The summed E-state index contributed by atoms with van der Waals surface area (Å²) in [4.78, 5) is 8.38. The van der Waals surface area contributed by atoms with Crippen molar-refractivity contribution in [1.29, 1.82) is 0 Å². The van der Waals surface area contributed by atoms with Gasteiger partial charge in [-0.15, -0.1) is 0 Å². The van der Waals surface area contributed by atoms with E-state index in [4.69, 9.17) is 4.74 Å². The van der Waals surface area contributed by atoms with Crippen molar-refractivity contribution >= 4 is 0 Å². The van der Waals surface area contributed by atoms with Crippen molar-refractivity contribution in [3.05, 3.63) is 60.2 Å². The molecule has 0 bridgehead atoms. The molecule has 3 rings (SSSR count). The number of hydrogen-bond donors (Lipinski definition) is 1. The Morgan fingerprint density at radius 1 is 1.10 bits per heavy atom. The Labute approximate surface area is 125 Å². The summed E-state index contributed by atoms with van der Waals surface area (Å²) in [5.41, 5.74) is 2.51. The summed E-state index contributed by atoms with van der Waals surface area (Å²) < 4.78 is 5.62. The van der Waals surface area contributed by atoms with Crippen LogP contribution in [0.4, 0.5) is 0 Å². The molecule has 1 aliphatic heterocycles. The van der Waals surface area contributed by atoms with Crippen molar-refractivity contribution in [3.8, 4) is 0 Å². The molecule has 4 nitrogen and oxygen atoms in total. The molecule has 1 atom stereocenters. The molecule has 110 valence electrons. The predicted molar refractivity (Wildman–Crippen MR) is 82.0 cm³/mol. The third kappa shape index (κ3) is 2.69. The number of benzene rings is 1. The van der Waals surface area contributed by atoms with Crippen LogP contribution in [-0.2, 0) is 10.2 Å². The molecule has 0 amide bonds. The van der Waals surface area contributed by atoms with Crippen LogP contribution >= 0.6 is 0 Å². The molecule has 0 saturated carbocycles. The van der Waals surface area contributed by atoms with E-state index in [0.29, 0.717) is 0 Å². The average molecular weight is 283 g/mol. The summed E-state index contributed by atoms with van der Waals surface area (Å²) >= 11 is 0. The Hall–Kier alpha value is -1.78. The highest BCUT2D eigenvalue weighted by atomic mass is 16.5. The number of likely N-dealkylation sites (N-methyl/N-ethyl adjacent to an activating group) is 1. The Kier molecular flexibility index (Phi) is 4.27. The monoisotopic (exact) mass is 283 g/mol. The minimum atomic E-state index is 0.0268. The molecule has 2 heterocycles. The lowest BCUT2D eigenvalue weighted by Gasteiger charge is -2.44. The number of hydrogen-bond acceptors (Lipinski definition) is 4. The van der Waals surface area contributed by atoms with Crippen molar-refractivity contribution in [1.82, 2.24) is 15.3 Å². The first-order valence-electron chi connectivity index (χ1n) is 7.42. The van der Waals surface area contributed by atoms with Gasteiger partial charge in [-0.05, 0) is 25.5 Å². The molecular weight excluding hydrogens is 262 g/mol. The fourth-order valence-corrected chi connectivity index (χ4v) is 3.47. The molecule has 21 heavy (non-hydrogen) atoms. The van der Waals surface area contributed by atoms with Gasteiger partial charge in [0.05, 0.1) is 0 Å². The average Bonchev–Trinajstić information content (AvgIpc) is 2.58. The third-order valence-electron chi connectivity index (χ3n) is 4.49. The highest BCUT2D eigenvalue weighted by Gasteiger charge is 2.42. The maximum Gasteiger partial charge on any atom is 0.115 e. The first-order valence-corrected chi connectivity index (χ1v) is 7.42. The molecule has 0 spiro atoms. The third-order valence-corrected chi connectivity index (χ3v) is 4.49. The van der Waals surface area contributed by atoms with Gasteiger partial charge in [0.25, 0.3) is 0 Å². The molecule has 1 saturated heterocycles. The first kappa shape index (κ1) is 14.2. The van der Waals surface area contributed by atoms with Crippen molar-refractivity contribution < 1.29 is 4.74 Å². The Morgan fingerprint density at radius 2 is 1.76 bits per heavy atom. The van der Waals surface area contributed by atoms with Crippen molar-refractivity contribution in [3.63, 3.8) is 0 Å². The number of ether oxygens (including phenoxy) is 1. The quantitative estimate of drug-likeness (QED) is 0.936. The molecule has 0 aliphatic carbocycles. The standard InChI is InChI=1S/C17H21N3O/c1-18-16(14-11-19-13-20-12-14)17(7-9-21-10-8-17)15-5-3-2-4-6-15/h2-6,11-13,16,18H,7-10H2,1H3. The van der Waals surface area contributed by atoms with E-state index in [1.54, 1.807) is 6.33 Å². The lowest BCUT2D eigenvalue weighted by atomic mass is 9.67. The zero-order chi connectivity index (χ0) is 14.5. The Morgan fingerprint density at radius 3 is 2.38 bits per heavy atom. The van der Waals surface area contributed by atoms with Gasteiger partial charge in [-0.3, -0.25) is 0 Å². The lowest BCUT2D eigenvalue weighted by Crippen LogP contribution is -2.44. The predicted octanol–water partition coefficient (Wildman–Crippen LogP) is 2.49. The number of aromatic nitrogens is 2. The van der Waals surface area contributed by atoms with Gasteiger partial charge in [-0.25, -0.2) is 9.97 Å². The zero-order valence-corrected chi connectivity index (χ0v) is 12.3. The highest BCUT2D eigenvalue weighted by Crippen LogP contribution is 2.44. The van der Waals surface area contributed by atoms with Crippen molar-refractivity contribution in [2.24, 2.45) is 0 Å². The van der Waals surface area contributed by atoms with Crippen LogP contribution in [0.2, 0.25) is 0 Å². The second kappa shape index (κ2) is 6.33. The van der Waals surface area contributed by atoms with E-state index in [9.17, 15) is 0 Å². The molecule has 1 N–H and O–H groups in total. The summed E-state index contributed by atoms with van der Waals surface area (Å²) in [6.07, 6.45) is 7.40. The second-order valence-corrected chi connectivity index (χ2v) is 5.53. The molecule has 2 aromatic rings. The zero-order valence-electron chi connectivity index (χ0n) is 12.3. The smallest absolute Gasteiger partial charge is 0.115 e. The minimum Gasteiger partial charge on any atom is -0.381 e. The van der Waals surface area contributed by atoms with Gasteiger partial charge in [-0.1, -0.05) is 30.3 Å². The number of nitrogens with zero attached hydrogens (tertiary/aromatic N) is 2. The summed E-state index contributed by atoms with van der Waals surface area (Å²) in [6, 6.07) is 10.9. The molecule has 1 unspecified atom stereocenters. The molecule has 1 aromatic carbocycles. The van der Waals surface area contributed by atoms with Crippen LogP contribution in [0.25, 0.3) is 0 Å². The minimum absolute atomic E-state index is 0.0268. The van der Waals surface area contributed by atoms with E-state index < -0.39 is 0 Å². The van der Waals surface area contributed by atoms with Gasteiger partial charge in [-0.2, -0.15) is 0 Å². The van der Waals surface area contributed by atoms with Gasteiger partial charge in [0, 0.05) is 42.6 Å². The maximum absolute atomic E-state index is 5.62. The van der Waals surface area contributed by atoms with E-state index in [-0.39, 0.29) is 11.5 Å². The van der Waals surface area contributed by atoms with Gasteiger partial charge in [0.1, 0.15) is 6.33 Å². The fourth-order valence-electron chi connectivity index (χ4n) is 3.47. The SMILES string of the molecule is CNC(c1cncnc1)C1(c2ccccc2)CCOCC1. The van der Waals surface area contributed by atoms with Crippen molar-refractivity contribution in [2.75, 3.05) is 20.3 Å². The molecule has 1 fully saturated rings. The summed E-state index contributed by atoms with van der Waals surface area (Å²) in [5, 5.41) is 3.49. The van der Waals surface area contributed by atoms with E-state index >= 15 is 0 Å². The van der Waals surface area contributed by atoms with Crippen LogP contribution in [-0.4, -0.2) is 30.2 Å². The molecule has 1 aliphatic rings. The molecule has 1 aromatic heterocycles. The number of nitrogens with one attached hydrogen (secondary N) is 1. The van der Waals surface area contributed by atoms with E-state index in [2.05, 4.69) is 45.6 Å². The lowest BCUT2D eigenvalue weighted by molar-refractivity contribution is 0.0351. The van der Waals surface area contributed by atoms with Crippen LogP contribution < -0.4 is 5.32 Å². The molecule has 4 heteroatoms. The second-order valence-electron chi connectivity index (χ2n) is 5.53.